The van der Waals surface area contributed by atoms with Crippen molar-refractivity contribution in [3.05, 3.63) is 41.0 Å². The zero-order valence-corrected chi connectivity index (χ0v) is 12.2. The summed E-state index contributed by atoms with van der Waals surface area (Å²) in [6.07, 6.45) is 0.850. The van der Waals surface area contributed by atoms with Crippen molar-refractivity contribution in [1.82, 2.24) is 9.36 Å². The molecule has 1 aromatic heterocycles. The molecular formula is C14H18FN3S. The molecular weight excluding hydrogens is 261 g/mol. The third kappa shape index (κ3) is 3.73. The number of rotatable bonds is 5. The van der Waals surface area contributed by atoms with E-state index in [0.717, 1.165) is 35.0 Å². The SMILES string of the molecule is Cc1cc(F)ccc1CCNc1nc(C(C)C)ns1. The van der Waals surface area contributed by atoms with E-state index in [-0.39, 0.29) is 5.82 Å². The van der Waals surface area contributed by atoms with Gasteiger partial charge in [0.1, 0.15) is 11.6 Å². The lowest BCUT2D eigenvalue weighted by Crippen LogP contribution is -2.06. The molecule has 0 spiro atoms. The van der Waals surface area contributed by atoms with Crippen molar-refractivity contribution in [3.63, 3.8) is 0 Å². The van der Waals surface area contributed by atoms with Crippen LogP contribution >= 0.6 is 11.5 Å². The monoisotopic (exact) mass is 279 g/mol. The predicted octanol–water partition coefficient (Wildman–Crippen LogP) is 3.76. The molecule has 1 heterocycles. The Morgan fingerprint density at radius 2 is 2.16 bits per heavy atom. The Morgan fingerprint density at radius 1 is 1.37 bits per heavy atom. The van der Waals surface area contributed by atoms with E-state index in [4.69, 9.17) is 0 Å². The van der Waals surface area contributed by atoms with E-state index in [2.05, 4.69) is 28.5 Å². The maximum atomic E-state index is 13.0. The summed E-state index contributed by atoms with van der Waals surface area (Å²) in [5, 5.41) is 4.11. The average Bonchev–Trinajstić information content (AvgIpc) is 2.81. The molecule has 5 heteroatoms. The lowest BCUT2D eigenvalue weighted by molar-refractivity contribution is 0.625. The van der Waals surface area contributed by atoms with Crippen LogP contribution in [0.1, 0.15) is 36.7 Å². The second kappa shape index (κ2) is 6.10. The van der Waals surface area contributed by atoms with Crippen molar-refractivity contribution in [2.45, 2.75) is 33.1 Å². The molecule has 0 saturated heterocycles. The van der Waals surface area contributed by atoms with Gasteiger partial charge in [0, 0.05) is 24.0 Å². The Balaban J connectivity index is 1.89. The highest BCUT2D eigenvalue weighted by molar-refractivity contribution is 7.09. The second-order valence-electron chi connectivity index (χ2n) is 4.86. The van der Waals surface area contributed by atoms with E-state index >= 15 is 0 Å². The van der Waals surface area contributed by atoms with Gasteiger partial charge in [-0.15, -0.1) is 0 Å². The number of hydrogen-bond acceptors (Lipinski definition) is 4. The number of nitrogens with one attached hydrogen (secondary N) is 1. The normalized spacial score (nSPS) is 11.0. The summed E-state index contributed by atoms with van der Waals surface area (Å²) >= 11 is 1.39. The topological polar surface area (TPSA) is 37.8 Å². The molecule has 0 atom stereocenters. The molecule has 1 aromatic carbocycles. The molecule has 0 aliphatic carbocycles. The van der Waals surface area contributed by atoms with Gasteiger partial charge in [0.2, 0.25) is 5.13 Å². The van der Waals surface area contributed by atoms with Crippen LogP contribution in [0.2, 0.25) is 0 Å². The first-order valence-electron chi connectivity index (χ1n) is 6.39. The van der Waals surface area contributed by atoms with Crippen LogP contribution in [-0.2, 0) is 6.42 Å². The largest absolute Gasteiger partial charge is 0.360 e. The van der Waals surface area contributed by atoms with Gasteiger partial charge in [0.15, 0.2) is 0 Å². The quantitative estimate of drug-likeness (QED) is 0.905. The van der Waals surface area contributed by atoms with Crippen LogP contribution in [0.4, 0.5) is 9.52 Å². The summed E-state index contributed by atoms with van der Waals surface area (Å²) in [6, 6.07) is 4.91. The molecule has 0 bridgehead atoms. The van der Waals surface area contributed by atoms with Crippen molar-refractivity contribution in [2.24, 2.45) is 0 Å². The number of nitrogens with zero attached hydrogens (tertiary/aromatic N) is 2. The summed E-state index contributed by atoms with van der Waals surface area (Å²) in [6.45, 7) is 6.86. The van der Waals surface area contributed by atoms with Crippen LogP contribution in [0.5, 0.6) is 0 Å². The third-order valence-electron chi connectivity index (χ3n) is 2.93. The standard InChI is InChI=1S/C14H18FN3S/c1-9(2)13-17-14(19-18-13)16-7-6-11-4-5-12(15)8-10(11)3/h4-5,8-9H,6-7H2,1-3H3,(H,16,17,18). The molecule has 0 unspecified atom stereocenters. The van der Waals surface area contributed by atoms with Crippen molar-refractivity contribution in [3.8, 4) is 0 Å². The number of benzene rings is 1. The molecule has 2 rings (SSSR count). The molecule has 2 aromatic rings. The third-order valence-corrected chi connectivity index (χ3v) is 3.62. The van der Waals surface area contributed by atoms with Gasteiger partial charge >= 0.3 is 0 Å². The van der Waals surface area contributed by atoms with Gasteiger partial charge in [-0.25, -0.2) is 9.37 Å². The van der Waals surface area contributed by atoms with Gasteiger partial charge in [-0.1, -0.05) is 19.9 Å². The molecule has 19 heavy (non-hydrogen) atoms. The highest BCUT2D eigenvalue weighted by Gasteiger charge is 2.07. The predicted molar refractivity (Wildman–Crippen MR) is 77.3 cm³/mol. The minimum atomic E-state index is -0.181. The number of aromatic nitrogens is 2. The first-order chi connectivity index (χ1) is 9.06. The average molecular weight is 279 g/mol. The fraction of sp³-hybridized carbons (Fsp3) is 0.429. The van der Waals surface area contributed by atoms with Gasteiger partial charge in [0.25, 0.3) is 0 Å². The molecule has 0 aliphatic heterocycles. The smallest absolute Gasteiger partial charge is 0.202 e. The Labute approximate surface area is 117 Å². The van der Waals surface area contributed by atoms with Crippen LogP contribution in [0, 0.1) is 12.7 Å². The van der Waals surface area contributed by atoms with Crippen LogP contribution in [0.15, 0.2) is 18.2 Å². The number of halogens is 1. The molecule has 0 saturated carbocycles. The number of anilines is 1. The minimum Gasteiger partial charge on any atom is -0.360 e. The van der Waals surface area contributed by atoms with E-state index in [9.17, 15) is 4.39 Å². The Hall–Kier alpha value is -1.49. The lowest BCUT2D eigenvalue weighted by Gasteiger charge is -2.06. The van der Waals surface area contributed by atoms with E-state index in [1.807, 2.05) is 13.0 Å². The highest BCUT2D eigenvalue weighted by Crippen LogP contribution is 2.17. The van der Waals surface area contributed by atoms with Crippen LogP contribution < -0.4 is 5.32 Å². The summed E-state index contributed by atoms with van der Waals surface area (Å²) in [5.74, 6) is 1.05. The van der Waals surface area contributed by atoms with Crippen molar-refractivity contribution in [2.75, 3.05) is 11.9 Å². The number of aryl methyl sites for hydroxylation is 1. The second-order valence-corrected chi connectivity index (χ2v) is 5.61. The molecule has 0 amide bonds. The molecule has 1 N–H and O–H groups in total. The molecule has 0 aliphatic rings. The van der Waals surface area contributed by atoms with E-state index in [1.165, 1.54) is 17.6 Å². The summed E-state index contributed by atoms with van der Waals surface area (Å²) < 4.78 is 17.3. The molecule has 0 radical (unpaired) electrons. The Kier molecular flexibility index (Phi) is 4.47. The van der Waals surface area contributed by atoms with E-state index in [1.54, 1.807) is 6.07 Å². The zero-order valence-electron chi connectivity index (χ0n) is 11.4. The summed E-state index contributed by atoms with van der Waals surface area (Å²) in [4.78, 5) is 4.41. The molecule has 3 nitrogen and oxygen atoms in total. The maximum Gasteiger partial charge on any atom is 0.202 e. The first kappa shape index (κ1) is 13.9. The van der Waals surface area contributed by atoms with Crippen LogP contribution in [0.3, 0.4) is 0 Å². The van der Waals surface area contributed by atoms with Gasteiger partial charge < -0.3 is 5.32 Å². The minimum absolute atomic E-state index is 0.181. The molecule has 102 valence electrons. The van der Waals surface area contributed by atoms with E-state index < -0.39 is 0 Å². The number of hydrogen-bond donors (Lipinski definition) is 1. The van der Waals surface area contributed by atoms with E-state index in [0.29, 0.717) is 5.92 Å². The Morgan fingerprint density at radius 3 is 2.79 bits per heavy atom. The van der Waals surface area contributed by atoms with Gasteiger partial charge in [-0.05, 0) is 36.6 Å². The van der Waals surface area contributed by atoms with Crippen LogP contribution in [0.25, 0.3) is 0 Å². The molecule has 0 fully saturated rings. The fourth-order valence-electron chi connectivity index (χ4n) is 1.79. The lowest BCUT2D eigenvalue weighted by atomic mass is 10.1. The maximum absolute atomic E-state index is 13.0. The van der Waals surface area contributed by atoms with Crippen molar-refractivity contribution in [1.29, 1.82) is 0 Å². The summed E-state index contributed by atoms with van der Waals surface area (Å²) in [7, 11) is 0. The van der Waals surface area contributed by atoms with Crippen LogP contribution in [-0.4, -0.2) is 15.9 Å². The first-order valence-corrected chi connectivity index (χ1v) is 7.16. The Bertz CT molecular complexity index is 551. The van der Waals surface area contributed by atoms with Crippen molar-refractivity contribution < 1.29 is 4.39 Å². The van der Waals surface area contributed by atoms with Gasteiger partial charge in [-0.3, -0.25) is 0 Å². The van der Waals surface area contributed by atoms with Gasteiger partial charge in [0.05, 0.1) is 0 Å². The highest BCUT2D eigenvalue weighted by atomic mass is 32.1. The van der Waals surface area contributed by atoms with Crippen molar-refractivity contribution >= 4 is 16.7 Å². The zero-order chi connectivity index (χ0) is 13.8. The van der Waals surface area contributed by atoms with Gasteiger partial charge in [-0.2, -0.15) is 4.37 Å². The summed E-state index contributed by atoms with van der Waals surface area (Å²) in [5.41, 5.74) is 2.14. The fourth-order valence-corrected chi connectivity index (χ4v) is 2.52.